The van der Waals surface area contributed by atoms with Crippen LogP contribution in [0.2, 0.25) is 0 Å². The summed E-state index contributed by atoms with van der Waals surface area (Å²) >= 11 is 0. The van der Waals surface area contributed by atoms with Gasteiger partial charge < -0.3 is 19.2 Å². The summed E-state index contributed by atoms with van der Waals surface area (Å²) in [7, 11) is 3.45. The Kier molecular flexibility index (Phi) is 3.75. The van der Waals surface area contributed by atoms with Gasteiger partial charge in [-0.05, 0) is 12.1 Å². The summed E-state index contributed by atoms with van der Waals surface area (Å²) in [5.41, 5.74) is 1.00. The van der Waals surface area contributed by atoms with Crippen LogP contribution in [0.4, 0.5) is 5.88 Å². The molecule has 1 aromatic carbocycles. The highest BCUT2D eigenvalue weighted by Crippen LogP contribution is 2.23. The van der Waals surface area contributed by atoms with Gasteiger partial charge in [0.25, 0.3) is 0 Å². The van der Waals surface area contributed by atoms with Gasteiger partial charge in [0, 0.05) is 25.2 Å². The molecule has 5 heteroatoms. The molecule has 5 nitrogen and oxygen atoms in total. The van der Waals surface area contributed by atoms with Gasteiger partial charge in [0.2, 0.25) is 5.76 Å². The summed E-state index contributed by atoms with van der Waals surface area (Å²) in [5, 5.41) is 8.82. The second-order valence-electron chi connectivity index (χ2n) is 4.11. The number of para-hydroxylation sites is 1. The average Bonchev–Trinajstić information content (AvgIpc) is 2.89. The minimum absolute atomic E-state index is 0.0677. The molecular formula is C14H15NO4. The van der Waals surface area contributed by atoms with E-state index in [4.69, 9.17) is 14.3 Å². The second kappa shape index (κ2) is 5.48. The van der Waals surface area contributed by atoms with E-state index in [-0.39, 0.29) is 5.76 Å². The molecule has 0 radical (unpaired) electrons. The number of furan rings is 1. The van der Waals surface area contributed by atoms with Crippen molar-refractivity contribution in [2.75, 3.05) is 19.1 Å². The molecule has 0 aliphatic carbocycles. The van der Waals surface area contributed by atoms with E-state index in [1.807, 2.05) is 36.2 Å². The number of hydrogen-bond acceptors (Lipinski definition) is 4. The number of benzene rings is 1. The van der Waals surface area contributed by atoms with E-state index in [0.717, 1.165) is 11.3 Å². The Labute approximate surface area is 111 Å². The maximum Gasteiger partial charge on any atom is 0.371 e. The smallest absolute Gasteiger partial charge is 0.371 e. The second-order valence-corrected chi connectivity index (χ2v) is 4.11. The molecule has 1 aromatic heterocycles. The molecule has 0 saturated carbocycles. The maximum absolute atomic E-state index is 10.8. The first-order valence-electron chi connectivity index (χ1n) is 5.78. The summed E-state index contributed by atoms with van der Waals surface area (Å²) in [6, 6.07) is 10.7. The molecule has 0 amide bonds. The van der Waals surface area contributed by atoms with Crippen LogP contribution in [0.25, 0.3) is 0 Å². The first-order chi connectivity index (χ1) is 9.11. The minimum atomic E-state index is -1.07. The summed E-state index contributed by atoms with van der Waals surface area (Å²) < 4.78 is 10.5. The van der Waals surface area contributed by atoms with Crippen molar-refractivity contribution in [3.8, 4) is 5.75 Å². The van der Waals surface area contributed by atoms with Crippen molar-refractivity contribution >= 4 is 11.9 Å². The van der Waals surface area contributed by atoms with Crippen LogP contribution in [0.15, 0.2) is 40.8 Å². The monoisotopic (exact) mass is 261 g/mol. The summed E-state index contributed by atoms with van der Waals surface area (Å²) in [6.07, 6.45) is 0. The average molecular weight is 261 g/mol. The number of ether oxygens (including phenoxy) is 1. The lowest BCUT2D eigenvalue weighted by atomic mass is 10.2. The molecule has 2 aromatic rings. The van der Waals surface area contributed by atoms with Crippen molar-refractivity contribution in [2.24, 2.45) is 0 Å². The Hall–Kier alpha value is -2.43. The number of aromatic carboxylic acids is 1. The Morgan fingerprint density at radius 2 is 2.05 bits per heavy atom. The molecule has 0 aliphatic rings. The van der Waals surface area contributed by atoms with E-state index in [1.54, 1.807) is 13.2 Å². The molecule has 0 bridgehead atoms. The number of hydrogen-bond donors (Lipinski definition) is 1. The Morgan fingerprint density at radius 1 is 1.32 bits per heavy atom. The van der Waals surface area contributed by atoms with Crippen molar-refractivity contribution in [3.05, 3.63) is 47.7 Å². The van der Waals surface area contributed by atoms with E-state index in [0.29, 0.717) is 12.4 Å². The van der Waals surface area contributed by atoms with Crippen molar-refractivity contribution in [3.63, 3.8) is 0 Å². The van der Waals surface area contributed by atoms with Crippen molar-refractivity contribution in [1.82, 2.24) is 0 Å². The third-order valence-corrected chi connectivity index (χ3v) is 2.78. The van der Waals surface area contributed by atoms with Gasteiger partial charge in [0.1, 0.15) is 5.75 Å². The highest BCUT2D eigenvalue weighted by Gasteiger charge is 2.13. The van der Waals surface area contributed by atoms with Crippen LogP contribution >= 0.6 is 0 Å². The zero-order valence-electron chi connectivity index (χ0n) is 10.8. The molecule has 1 N–H and O–H groups in total. The first kappa shape index (κ1) is 13.0. The van der Waals surface area contributed by atoms with Crippen LogP contribution in [0.3, 0.4) is 0 Å². The molecule has 1 heterocycles. The van der Waals surface area contributed by atoms with E-state index in [1.165, 1.54) is 6.07 Å². The molecule has 0 spiro atoms. The summed E-state index contributed by atoms with van der Waals surface area (Å²) in [5.74, 6) is 0.154. The Balaban J connectivity index is 2.15. The lowest BCUT2D eigenvalue weighted by molar-refractivity contribution is 0.0663. The maximum atomic E-state index is 10.8. The van der Waals surface area contributed by atoms with Crippen LogP contribution in [-0.2, 0) is 6.54 Å². The van der Waals surface area contributed by atoms with Crippen LogP contribution in [0.1, 0.15) is 16.1 Å². The van der Waals surface area contributed by atoms with Gasteiger partial charge in [-0.1, -0.05) is 18.2 Å². The highest BCUT2D eigenvalue weighted by atomic mass is 16.5. The Bertz CT molecular complexity index is 576. The van der Waals surface area contributed by atoms with Gasteiger partial charge in [-0.25, -0.2) is 4.79 Å². The van der Waals surface area contributed by atoms with E-state index < -0.39 is 5.97 Å². The third-order valence-electron chi connectivity index (χ3n) is 2.78. The minimum Gasteiger partial charge on any atom is -0.496 e. The van der Waals surface area contributed by atoms with E-state index in [9.17, 15) is 4.79 Å². The largest absolute Gasteiger partial charge is 0.496 e. The summed E-state index contributed by atoms with van der Waals surface area (Å²) in [4.78, 5) is 12.6. The zero-order chi connectivity index (χ0) is 13.8. The van der Waals surface area contributed by atoms with Crippen molar-refractivity contribution in [1.29, 1.82) is 0 Å². The number of carbonyl (C=O) groups is 1. The number of carboxylic acids is 1. The van der Waals surface area contributed by atoms with Gasteiger partial charge in [-0.2, -0.15) is 0 Å². The lowest BCUT2D eigenvalue weighted by Gasteiger charge is -2.17. The lowest BCUT2D eigenvalue weighted by Crippen LogP contribution is -2.16. The molecule has 0 aliphatic heterocycles. The van der Waals surface area contributed by atoms with E-state index in [2.05, 4.69) is 0 Å². The van der Waals surface area contributed by atoms with Crippen LogP contribution < -0.4 is 9.64 Å². The first-order valence-corrected chi connectivity index (χ1v) is 5.78. The predicted octanol–water partition coefficient (Wildman–Crippen LogP) is 2.62. The quantitative estimate of drug-likeness (QED) is 0.896. The number of rotatable bonds is 5. The number of nitrogens with zero attached hydrogens (tertiary/aromatic N) is 1. The molecule has 0 fully saturated rings. The van der Waals surface area contributed by atoms with Crippen LogP contribution in [0.5, 0.6) is 5.75 Å². The fourth-order valence-electron chi connectivity index (χ4n) is 1.81. The van der Waals surface area contributed by atoms with Crippen molar-refractivity contribution < 1.29 is 19.1 Å². The van der Waals surface area contributed by atoms with E-state index >= 15 is 0 Å². The molecule has 2 rings (SSSR count). The van der Waals surface area contributed by atoms with Crippen LogP contribution in [0, 0.1) is 0 Å². The van der Waals surface area contributed by atoms with Gasteiger partial charge in [0.05, 0.1) is 7.11 Å². The zero-order valence-corrected chi connectivity index (χ0v) is 10.8. The third kappa shape index (κ3) is 2.88. The predicted molar refractivity (Wildman–Crippen MR) is 70.8 cm³/mol. The van der Waals surface area contributed by atoms with Crippen LogP contribution in [-0.4, -0.2) is 25.2 Å². The number of methoxy groups -OCH3 is 1. The van der Waals surface area contributed by atoms with Gasteiger partial charge in [0.15, 0.2) is 5.88 Å². The Morgan fingerprint density at radius 3 is 2.68 bits per heavy atom. The fraction of sp³-hybridized carbons (Fsp3) is 0.214. The SMILES string of the molecule is COc1ccccc1CN(C)c1ccc(C(=O)O)o1. The summed E-state index contributed by atoms with van der Waals surface area (Å²) in [6.45, 7) is 0.566. The molecular weight excluding hydrogens is 246 g/mol. The highest BCUT2D eigenvalue weighted by molar-refractivity contribution is 5.84. The van der Waals surface area contributed by atoms with Crippen molar-refractivity contribution in [2.45, 2.75) is 6.54 Å². The molecule has 0 unspecified atom stereocenters. The molecule has 100 valence electrons. The normalized spacial score (nSPS) is 10.2. The topological polar surface area (TPSA) is 62.9 Å². The number of carboxylic acid groups (broad SMARTS) is 1. The van der Waals surface area contributed by atoms with Gasteiger partial charge in [-0.15, -0.1) is 0 Å². The molecule has 0 saturated heterocycles. The standard InChI is InChI=1S/C14H15NO4/c1-15(13-8-7-12(19-13)14(16)17)9-10-5-3-4-6-11(10)18-2/h3-8H,9H2,1-2H3,(H,16,17). The molecule has 0 atom stereocenters. The van der Waals surface area contributed by atoms with Gasteiger partial charge >= 0.3 is 5.97 Å². The fourth-order valence-corrected chi connectivity index (χ4v) is 1.81. The van der Waals surface area contributed by atoms with Gasteiger partial charge in [-0.3, -0.25) is 0 Å². The number of anilines is 1. The molecule has 19 heavy (non-hydrogen) atoms.